The van der Waals surface area contributed by atoms with E-state index in [1.807, 2.05) is 18.2 Å². The molecule has 0 radical (unpaired) electrons. The summed E-state index contributed by atoms with van der Waals surface area (Å²) in [5.74, 6) is -1.05. The molecule has 1 aliphatic heterocycles. The van der Waals surface area contributed by atoms with Crippen LogP contribution in [0.5, 0.6) is 0 Å². The number of Topliss-reactive ketones (excluding diaryl/α,β-unsaturated/α-hetero) is 1. The van der Waals surface area contributed by atoms with Crippen LogP contribution in [0.4, 0.5) is 5.69 Å². The van der Waals surface area contributed by atoms with E-state index in [-0.39, 0.29) is 11.7 Å². The fourth-order valence-corrected chi connectivity index (χ4v) is 4.12. The molecule has 0 atom stereocenters. The summed E-state index contributed by atoms with van der Waals surface area (Å²) < 4.78 is 6.71. The van der Waals surface area contributed by atoms with Gasteiger partial charge >= 0.3 is 5.97 Å². The third-order valence-corrected chi connectivity index (χ3v) is 6.21. The Morgan fingerprint density at radius 2 is 1.97 bits per heavy atom. The van der Waals surface area contributed by atoms with Crippen LogP contribution in [0.2, 0.25) is 10.2 Å². The highest BCUT2D eigenvalue weighted by atomic mass is 35.5. The van der Waals surface area contributed by atoms with Crippen molar-refractivity contribution >= 4 is 52.6 Å². The molecule has 0 saturated heterocycles. The zero-order valence-corrected chi connectivity index (χ0v) is 19.8. The maximum atomic E-state index is 12.5. The SMILES string of the molecule is Cc1nn(Cc2ccccc2Cl)c(Cl)c1/C=C/C(=O)OCC(=O)c1ccc2c(c1)CCC(=O)N2. The van der Waals surface area contributed by atoms with Gasteiger partial charge in [-0.15, -0.1) is 0 Å². The molecule has 2 aromatic carbocycles. The van der Waals surface area contributed by atoms with Crippen LogP contribution in [0.25, 0.3) is 6.08 Å². The second-order valence-corrected chi connectivity index (χ2v) is 8.59. The van der Waals surface area contributed by atoms with Crippen molar-refractivity contribution in [3.8, 4) is 0 Å². The van der Waals surface area contributed by atoms with Crippen molar-refractivity contribution < 1.29 is 19.1 Å². The van der Waals surface area contributed by atoms with Gasteiger partial charge in [0.1, 0.15) is 5.15 Å². The number of nitrogens with one attached hydrogen (secondary N) is 1. The summed E-state index contributed by atoms with van der Waals surface area (Å²) in [6.07, 6.45) is 3.67. The maximum absolute atomic E-state index is 12.5. The van der Waals surface area contributed by atoms with Crippen LogP contribution >= 0.6 is 23.2 Å². The Bertz CT molecular complexity index is 1310. The average Bonchev–Trinajstić information content (AvgIpc) is 3.09. The molecule has 0 bridgehead atoms. The Hall–Kier alpha value is -3.42. The van der Waals surface area contributed by atoms with E-state index in [1.54, 1.807) is 35.9 Å². The van der Waals surface area contributed by atoms with E-state index in [0.717, 1.165) is 11.1 Å². The van der Waals surface area contributed by atoms with Gasteiger partial charge in [-0.05, 0) is 54.8 Å². The fraction of sp³-hybridized carbons (Fsp3) is 0.200. The molecule has 0 fully saturated rings. The van der Waals surface area contributed by atoms with Crippen LogP contribution in [0.1, 0.15) is 39.2 Å². The van der Waals surface area contributed by atoms with E-state index in [9.17, 15) is 14.4 Å². The number of nitrogens with zero attached hydrogens (tertiary/aromatic N) is 2. The van der Waals surface area contributed by atoms with Gasteiger partial charge in [0.2, 0.25) is 5.91 Å². The monoisotopic (exact) mass is 497 g/mol. The van der Waals surface area contributed by atoms with E-state index < -0.39 is 12.6 Å². The van der Waals surface area contributed by atoms with Gasteiger partial charge in [-0.3, -0.25) is 9.59 Å². The molecule has 0 aliphatic carbocycles. The van der Waals surface area contributed by atoms with Crippen LogP contribution in [0, 0.1) is 6.92 Å². The van der Waals surface area contributed by atoms with Gasteiger partial charge in [0.15, 0.2) is 12.4 Å². The highest BCUT2D eigenvalue weighted by Gasteiger charge is 2.18. The Labute approximate surface area is 206 Å². The molecular formula is C25H21Cl2N3O4. The quantitative estimate of drug-likeness (QED) is 0.285. The Morgan fingerprint density at radius 3 is 2.76 bits per heavy atom. The number of hydrogen-bond acceptors (Lipinski definition) is 5. The van der Waals surface area contributed by atoms with Gasteiger partial charge in [-0.1, -0.05) is 41.4 Å². The normalized spacial score (nSPS) is 13.0. The van der Waals surface area contributed by atoms with Gasteiger partial charge in [-0.25, -0.2) is 9.48 Å². The highest BCUT2D eigenvalue weighted by molar-refractivity contribution is 6.32. The zero-order chi connectivity index (χ0) is 24.2. The zero-order valence-electron chi connectivity index (χ0n) is 18.3. The third-order valence-electron chi connectivity index (χ3n) is 5.44. The molecule has 0 saturated carbocycles. The number of ether oxygens (including phenoxy) is 1. The number of aryl methyl sites for hydroxylation is 2. The van der Waals surface area contributed by atoms with Crippen LogP contribution in [-0.2, 0) is 27.3 Å². The Kier molecular flexibility index (Phi) is 7.14. The van der Waals surface area contributed by atoms with E-state index in [1.165, 1.54) is 12.2 Å². The first-order chi connectivity index (χ1) is 16.3. The fourth-order valence-electron chi connectivity index (χ4n) is 3.63. The average molecular weight is 498 g/mol. The molecule has 1 aliphatic rings. The lowest BCUT2D eigenvalue weighted by Crippen LogP contribution is -2.20. The smallest absolute Gasteiger partial charge is 0.331 e. The van der Waals surface area contributed by atoms with Crippen molar-refractivity contribution in [3.05, 3.63) is 86.7 Å². The molecule has 4 rings (SSSR count). The molecule has 1 aromatic heterocycles. The summed E-state index contributed by atoms with van der Waals surface area (Å²) in [7, 11) is 0. The van der Waals surface area contributed by atoms with Gasteiger partial charge in [0.05, 0.1) is 12.2 Å². The van der Waals surface area contributed by atoms with E-state index in [0.29, 0.717) is 52.1 Å². The second kappa shape index (κ2) is 10.2. The predicted molar refractivity (Wildman–Crippen MR) is 130 cm³/mol. The van der Waals surface area contributed by atoms with Crippen LogP contribution in [0.15, 0.2) is 48.5 Å². The van der Waals surface area contributed by atoms with Crippen molar-refractivity contribution in [2.24, 2.45) is 0 Å². The van der Waals surface area contributed by atoms with E-state index >= 15 is 0 Å². The van der Waals surface area contributed by atoms with Crippen molar-refractivity contribution in [2.75, 3.05) is 11.9 Å². The van der Waals surface area contributed by atoms with E-state index in [2.05, 4.69) is 10.4 Å². The minimum absolute atomic E-state index is 0.0444. The molecule has 1 N–H and O–H groups in total. The standard InChI is InChI=1S/C25H21Cl2N3O4/c1-15-19(25(27)30(29-15)13-18-4-2-3-5-20(18)26)8-11-24(33)34-14-22(31)17-6-9-21-16(12-17)7-10-23(32)28-21/h2-6,8-9,11-12H,7,10,13-14H2,1H3,(H,28,32)/b11-8+. The number of esters is 1. The topological polar surface area (TPSA) is 90.3 Å². The number of fused-ring (bicyclic) bond motifs is 1. The summed E-state index contributed by atoms with van der Waals surface area (Å²) in [6.45, 7) is 1.77. The number of amides is 1. The molecule has 174 valence electrons. The number of benzene rings is 2. The first-order valence-corrected chi connectivity index (χ1v) is 11.3. The summed E-state index contributed by atoms with van der Waals surface area (Å²) in [5.41, 5.74) is 4.09. The highest BCUT2D eigenvalue weighted by Crippen LogP contribution is 2.25. The lowest BCUT2D eigenvalue weighted by molar-refractivity contribution is -0.136. The summed E-state index contributed by atoms with van der Waals surface area (Å²) >= 11 is 12.7. The van der Waals surface area contributed by atoms with Crippen molar-refractivity contribution in [3.63, 3.8) is 0 Å². The summed E-state index contributed by atoms with van der Waals surface area (Å²) in [6, 6.07) is 12.4. The number of ketones is 1. The molecule has 7 nitrogen and oxygen atoms in total. The van der Waals surface area contributed by atoms with E-state index in [4.69, 9.17) is 27.9 Å². The maximum Gasteiger partial charge on any atom is 0.331 e. The summed E-state index contributed by atoms with van der Waals surface area (Å²) in [5, 5.41) is 8.16. The minimum atomic E-state index is -0.673. The third kappa shape index (κ3) is 5.38. The van der Waals surface area contributed by atoms with Crippen molar-refractivity contribution in [1.82, 2.24) is 9.78 Å². The van der Waals surface area contributed by atoms with Crippen LogP contribution in [-0.4, -0.2) is 34.0 Å². The number of rotatable bonds is 7. The number of carbonyl (C=O) groups excluding carboxylic acids is 3. The largest absolute Gasteiger partial charge is 0.454 e. The molecule has 3 aromatic rings. The predicted octanol–water partition coefficient (Wildman–Crippen LogP) is 4.87. The van der Waals surface area contributed by atoms with Gasteiger partial charge in [-0.2, -0.15) is 5.10 Å². The first kappa shape index (κ1) is 23.7. The molecule has 34 heavy (non-hydrogen) atoms. The number of carbonyl (C=O) groups is 3. The molecule has 0 spiro atoms. The summed E-state index contributed by atoms with van der Waals surface area (Å²) in [4.78, 5) is 36.1. The van der Waals surface area contributed by atoms with Gasteiger partial charge in [0.25, 0.3) is 0 Å². The minimum Gasteiger partial charge on any atom is -0.454 e. The Morgan fingerprint density at radius 1 is 1.18 bits per heavy atom. The molecule has 1 amide bonds. The van der Waals surface area contributed by atoms with Gasteiger partial charge < -0.3 is 10.1 Å². The lowest BCUT2D eigenvalue weighted by atomic mass is 9.99. The van der Waals surface area contributed by atoms with Crippen LogP contribution < -0.4 is 5.32 Å². The molecule has 9 heteroatoms. The van der Waals surface area contributed by atoms with Crippen molar-refractivity contribution in [2.45, 2.75) is 26.3 Å². The molecule has 2 heterocycles. The number of hydrogen-bond donors (Lipinski definition) is 1. The second-order valence-electron chi connectivity index (χ2n) is 7.82. The van der Waals surface area contributed by atoms with Gasteiger partial charge in [0, 0.05) is 34.3 Å². The van der Waals surface area contributed by atoms with Crippen molar-refractivity contribution in [1.29, 1.82) is 0 Å². The number of halogens is 2. The lowest BCUT2D eigenvalue weighted by Gasteiger charge is -2.17. The Balaban J connectivity index is 1.37. The molecular weight excluding hydrogens is 477 g/mol. The molecule has 0 unspecified atom stereocenters. The number of aromatic nitrogens is 2. The van der Waals surface area contributed by atoms with Crippen LogP contribution in [0.3, 0.4) is 0 Å². The first-order valence-electron chi connectivity index (χ1n) is 10.6. The number of anilines is 1.